The molecule has 4 N–H and O–H groups in total. The predicted molar refractivity (Wildman–Crippen MR) is 190 cm³/mol. The van der Waals surface area contributed by atoms with E-state index in [9.17, 15) is 18.0 Å². The van der Waals surface area contributed by atoms with E-state index in [1.165, 1.54) is 12.1 Å². The van der Waals surface area contributed by atoms with Crippen molar-refractivity contribution in [2.75, 3.05) is 10.5 Å². The summed E-state index contributed by atoms with van der Waals surface area (Å²) in [4.78, 5) is 32.1. The van der Waals surface area contributed by atoms with Crippen LogP contribution >= 0.6 is 11.6 Å². The first kappa shape index (κ1) is 36.1. The van der Waals surface area contributed by atoms with Gasteiger partial charge in [-0.1, -0.05) is 89.9 Å². The lowest BCUT2D eigenvalue weighted by Gasteiger charge is -2.54. The number of nitrogens with two attached hydrogens (primary N) is 1. The largest absolute Gasteiger partial charge is 0.455 e. The van der Waals surface area contributed by atoms with Crippen molar-refractivity contribution >= 4 is 50.8 Å². The predicted octanol–water partition coefficient (Wildman–Crippen LogP) is 8.03. The van der Waals surface area contributed by atoms with Gasteiger partial charge in [0.05, 0.1) is 16.8 Å². The number of nitrogens with zero attached hydrogens (tertiary/aromatic N) is 2. The minimum Gasteiger partial charge on any atom is -0.455 e. The summed E-state index contributed by atoms with van der Waals surface area (Å²) in [7, 11) is -4.40. The molecule has 2 heterocycles. The standard InChI is InChI=1S/C36H43ClFN5O5S/c1-34(2,3)33(35(4,5)6)36(19-11-8-12-20-36)48-32(45)27-26(22-15-17-23(37)18-16-22)28(38)43-21-25(29(39)40-30(27)43)31(44)42-49(46,47)41-24-13-9-7-10-14-24/h7,9-10,13-18,21,33,41H,8,11-12,19-20H2,1-6H3,(H2,39,40)(H,42,44). The summed E-state index contributed by atoms with van der Waals surface area (Å²) in [6.45, 7) is 12.9. The third-order valence-corrected chi connectivity index (χ3v) is 10.2. The van der Waals surface area contributed by atoms with Gasteiger partial charge in [0, 0.05) is 17.1 Å². The van der Waals surface area contributed by atoms with Gasteiger partial charge in [0.25, 0.3) is 5.91 Å². The maximum absolute atomic E-state index is 16.6. The van der Waals surface area contributed by atoms with Gasteiger partial charge in [-0.05, 0) is 66.3 Å². The van der Waals surface area contributed by atoms with E-state index in [0.717, 1.165) is 29.9 Å². The molecule has 0 bridgehead atoms. The van der Waals surface area contributed by atoms with E-state index in [-0.39, 0.29) is 39.2 Å². The number of carbonyl (C=O) groups excluding carboxylic acids is 2. The lowest BCUT2D eigenvalue weighted by atomic mass is 9.56. The molecule has 1 fully saturated rings. The summed E-state index contributed by atoms with van der Waals surface area (Å²) in [5.74, 6) is -3.32. The third-order valence-electron chi connectivity index (χ3n) is 8.97. The lowest BCUT2D eigenvalue weighted by Crippen LogP contribution is -2.54. The number of amides is 1. The van der Waals surface area contributed by atoms with Gasteiger partial charge in [-0.15, -0.1) is 0 Å². The highest BCUT2D eigenvalue weighted by Gasteiger charge is 2.53. The number of nitrogens with one attached hydrogen (secondary N) is 2. The van der Waals surface area contributed by atoms with Crippen molar-refractivity contribution < 1.29 is 27.1 Å². The van der Waals surface area contributed by atoms with Crippen molar-refractivity contribution in [2.24, 2.45) is 16.7 Å². The van der Waals surface area contributed by atoms with Gasteiger partial charge in [-0.3, -0.25) is 13.9 Å². The first-order chi connectivity index (χ1) is 22.8. The number of hydrogen-bond acceptors (Lipinski definition) is 7. The molecule has 2 aromatic heterocycles. The molecule has 262 valence electrons. The van der Waals surface area contributed by atoms with Crippen LogP contribution in [0, 0.1) is 22.7 Å². The van der Waals surface area contributed by atoms with E-state index in [2.05, 4.69) is 51.2 Å². The van der Waals surface area contributed by atoms with Crippen molar-refractivity contribution in [1.29, 1.82) is 0 Å². The van der Waals surface area contributed by atoms with Gasteiger partial charge in [0.2, 0.25) is 5.95 Å². The van der Waals surface area contributed by atoms with Gasteiger partial charge in [-0.2, -0.15) is 12.8 Å². The third kappa shape index (κ3) is 7.55. The van der Waals surface area contributed by atoms with Crippen molar-refractivity contribution in [2.45, 2.75) is 79.2 Å². The number of rotatable bonds is 8. The Balaban J connectivity index is 1.63. The Bertz CT molecular complexity index is 1960. The molecule has 10 nitrogen and oxygen atoms in total. The lowest BCUT2D eigenvalue weighted by molar-refractivity contribution is -0.136. The summed E-state index contributed by atoms with van der Waals surface area (Å²) in [5, 5.41) is 0.406. The highest BCUT2D eigenvalue weighted by molar-refractivity contribution is 7.91. The molecule has 1 aliphatic rings. The molecule has 1 saturated carbocycles. The molecule has 0 radical (unpaired) electrons. The Kier molecular flexibility index (Phi) is 9.79. The van der Waals surface area contributed by atoms with Crippen LogP contribution in [0.25, 0.3) is 16.8 Å². The fourth-order valence-electron chi connectivity index (χ4n) is 7.97. The van der Waals surface area contributed by atoms with Crippen molar-refractivity contribution in [3.8, 4) is 11.1 Å². The highest BCUT2D eigenvalue weighted by Crippen LogP contribution is 2.54. The van der Waals surface area contributed by atoms with Gasteiger partial charge in [0.1, 0.15) is 17.0 Å². The molecule has 5 rings (SSSR count). The molecule has 13 heteroatoms. The Morgan fingerprint density at radius 3 is 2.14 bits per heavy atom. The van der Waals surface area contributed by atoms with Crippen molar-refractivity contribution in [1.82, 2.24) is 14.1 Å². The minimum atomic E-state index is -4.40. The van der Waals surface area contributed by atoms with Gasteiger partial charge < -0.3 is 10.5 Å². The zero-order chi connectivity index (χ0) is 35.9. The molecular weight excluding hydrogens is 669 g/mol. The quantitative estimate of drug-likeness (QED) is 0.157. The van der Waals surface area contributed by atoms with Crippen LogP contribution in [0.1, 0.15) is 94.4 Å². The average molecular weight is 712 g/mol. The van der Waals surface area contributed by atoms with E-state index >= 15 is 4.39 Å². The second-order valence-corrected chi connectivity index (χ2v) is 16.7. The van der Waals surface area contributed by atoms with Gasteiger partial charge in [-0.25, -0.2) is 14.5 Å². The molecule has 1 amide bonds. The van der Waals surface area contributed by atoms with Crippen LogP contribution in [-0.2, 0) is 14.9 Å². The van der Waals surface area contributed by atoms with Gasteiger partial charge in [0.15, 0.2) is 5.65 Å². The molecule has 0 unspecified atom stereocenters. The molecular formula is C36H43ClFN5O5S. The van der Waals surface area contributed by atoms with Crippen molar-refractivity contribution in [3.63, 3.8) is 0 Å². The molecule has 2 aromatic carbocycles. The maximum atomic E-state index is 16.6. The Hall–Kier alpha value is -4.16. The number of nitrogen functional groups attached to an aromatic ring is 1. The van der Waals surface area contributed by atoms with E-state index in [0.29, 0.717) is 23.4 Å². The number of hydrogen-bond donors (Lipinski definition) is 3. The molecule has 4 aromatic rings. The normalized spacial score (nSPS) is 15.3. The van der Waals surface area contributed by atoms with Crippen LogP contribution in [0.3, 0.4) is 0 Å². The number of carbonyl (C=O) groups is 2. The smallest absolute Gasteiger partial charge is 0.343 e. The number of aromatic nitrogens is 2. The summed E-state index contributed by atoms with van der Waals surface area (Å²) in [6.07, 6.45) is 5.08. The number of fused-ring (bicyclic) bond motifs is 1. The summed E-state index contributed by atoms with van der Waals surface area (Å²) < 4.78 is 53.8. The number of esters is 1. The van der Waals surface area contributed by atoms with Crippen LogP contribution in [0.2, 0.25) is 5.02 Å². The molecule has 0 saturated heterocycles. The summed E-state index contributed by atoms with van der Waals surface area (Å²) >= 11 is 6.15. The first-order valence-corrected chi connectivity index (χ1v) is 18.1. The molecule has 1 aliphatic carbocycles. The van der Waals surface area contributed by atoms with Crippen LogP contribution in [0.15, 0.2) is 60.8 Å². The molecule has 49 heavy (non-hydrogen) atoms. The summed E-state index contributed by atoms with van der Waals surface area (Å²) in [5.41, 5.74) is 4.54. The first-order valence-electron chi connectivity index (χ1n) is 16.2. The zero-order valence-electron chi connectivity index (χ0n) is 28.6. The Labute approximate surface area is 291 Å². The number of ether oxygens (including phenoxy) is 1. The van der Waals surface area contributed by atoms with E-state index < -0.39 is 45.0 Å². The van der Waals surface area contributed by atoms with Gasteiger partial charge >= 0.3 is 16.2 Å². The number of anilines is 2. The number of halogens is 2. The van der Waals surface area contributed by atoms with E-state index in [1.807, 2.05) is 4.72 Å². The maximum Gasteiger partial charge on any atom is 0.343 e. The van der Waals surface area contributed by atoms with Crippen LogP contribution in [0.4, 0.5) is 15.9 Å². The highest BCUT2D eigenvalue weighted by atomic mass is 35.5. The van der Waals surface area contributed by atoms with Crippen LogP contribution in [-0.4, -0.2) is 35.3 Å². The van der Waals surface area contributed by atoms with Crippen LogP contribution < -0.4 is 15.2 Å². The van der Waals surface area contributed by atoms with E-state index in [1.54, 1.807) is 42.5 Å². The number of para-hydroxylation sites is 1. The number of benzene rings is 2. The second-order valence-electron chi connectivity index (χ2n) is 14.9. The fraction of sp³-hybridized carbons (Fsp3) is 0.417. The van der Waals surface area contributed by atoms with Crippen LogP contribution in [0.5, 0.6) is 0 Å². The molecule has 0 aliphatic heterocycles. The average Bonchev–Trinajstić information content (AvgIpc) is 3.26. The Morgan fingerprint density at radius 1 is 0.980 bits per heavy atom. The second kappa shape index (κ2) is 13.3. The fourth-order valence-corrected chi connectivity index (χ4v) is 8.95. The van der Waals surface area contributed by atoms with Crippen molar-refractivity contribution in [3.05, 3.63) is 82.9 Å². The molecule has 0 atom stereocenters. The zero-order valence-corrected chi connectivity index (χ0v) is 30.1. The van der Waals surface area contributed by atoms with E-state index in [4.69, 9.17) is 22.1 Å². The minimum absolute atomic E-state index is 0.0609. The Morgan fingerprint density at radius 2 is 1.57 bits per heavy atom. The SMILES string of the molecule is CC(C)(C)C(C(C)(C)C)C1(OC(=O)c2c(-c3ccc(Cl)cc3)c(F)n3cc(C(=O)NS(=O)(=O)Nc4ccccc4)c(N)nc23)CCCCC1. The monoisotopic (exact) mass is 711 g/mol. The summed E-state index contributed by atoms with van der Waals surface area (Å²) in [6, 6.07) is 14.2. The molecule has 0 spiro atoms. The topological polar surface area (TPSA) is 145 Å².